The molecule has 15 heavy (non-hydrogen) atoms. The minimum absolute atomic E-state index is 0.350. The summed E-state index contributed by atoms with van der Waals surface area (Å²) in [6.45, 7) is 13.7. The monoisotopic (exact) mass is 212 g/mol. The number of ether oxygens (including phenoxy) is 1. The molecule has 0 unspecified atom stereocenters. The number of hydrogen-bond acceptors (Lipinski definition) is 3. The van der Waals surface area contributed by atoms with Gasteiger partial charge in [0.05, 0.1) is 6.54 Å². The van der Waals surface area contributed by atoms with Crippen molar-refractivity contribution >= 4 is 6.09 Å². The van der Waals surface area contributed by atoms with Gasteiger partial charge in [-0.1, -0.05) is 12.7 Å². The SMILES string of the molecule is C=CCNC(=C)CNC(=O)OC(C)(C)C. The highest BCUT2D eigenvalue weighted by Crippen LogP contribution is 2.06. The number of nitrogens with one attached hydrogen (secondary N) is 2. The summed E-state index contributed by atoms with van der Waals surface area (Å²) in [6, 6.07) is 0. The predicted molar refractivity (Wildman–Crippen MR) is 61.6 cm³/mol. The van der Waals surface area contributed by atoms with Crippen LogP contribution in [0.25, 0.3) is 0 Å². The van der Waals surface area contributed by atoms with Crippen LogP contribution in [0.3, 0.4) is 0 Å². The van der Waals surface area contributed by atoms with Crippen molar-refractivity contribution in [2.45, 2.75) is 26.4 Å². The molecule has 4 heteroatoms. The van der Waals surface area contributed by atoms with E-state index in [9.17, 15) is 4.79 Å². The van der Waals surface area contributed by atoms with Gasteiger partial charge in [0, 0.05) is 12.2 Å². The molecular weight excluding hydrogens is 192 g/mol. The maximum atomic E-state index is 11.2. The Bertz CT molecular complexity index is 241. The molecule has 0 bridgehead atoms. The van der Waals surface area contributed by atoms with E-state index in [0.29, 0.717) is 13.1 Å². The van der Waals surface area contributed by atoms with Crippen LogP contribution in [0, 0.1) is 0 Å². The van der Waals surface area contributed by atoms with Crippen molar-refractivity contribution in [2.24, 2.45) is 0 Å². The Morgan fingerprint density at radius 2 is 2.00 bits per heavy atom. The van der Waals surface area contributed by atoms with Gasteiger partial charge in [-0.3, -0.25) is 0 Å². The maximum absolute atomic E-state index is 11.2. The zero-order valence-electron chi connectivity index (χ0n) is 9.72. The molecule has 0 aliphatic rings. The Balaban J connectivity index is 3.71. The van der Waals surface area contributed by atoms with Gasteiger partial charge in [0.15, 0.2) is 0 Å². The van der Waals surface area contributed by atoms with Gasteiger partial charge in [-0.05, 0) is 20.8 Å². The van der Waals surface area contributed by atoms with Gasteiger partial charge in [-0.15, -0.1) is 6.58 Å². The third-order valence-corrected chi connectivity index (χ3v) is 1.34. The number of hydrogen-bond donors (Lipinski definition) is 2. The van der Waals surface area contributed by atoms with E-state index < -0.39 is 11.7 Å². The number of amides is 1. The summed E-state index contributed by atoms with van der Waals surface area (Å²) in [5.74, 6) is 0. The molecule has 86 valence electrons. The molecule has 0 rings (SSSR count). The maximum Gasteiger partial charge on any atom is 0.407 e. The summed E-state index contributed by atoms with van der Waals surface area (Å²) in [6.07, 6.45) is 1.28. The Morgan fingerprint density at radius 1 is 1.40 bits per heavy atom. The van der Waals surface area contributed by atoms with E-state index >= 15 is 0 Å². The van der Waals surface area contributed by atoms with Crippen LogP contribution in [0.1, 0.15) is 20.8 Å². The molecule has 0 aliphatic heterocycles. The third kappa shape index (κ3) is 8.87. The first-order valence-electron chi connectivity index (χ1n) is 4.84. The average molecular weight is 212 g/mol. The molecule has 0 aromatic rings. The van der Waals surface area contributed by atoms with Gasteiger partial charge < -0.3 is 15.4 Å². The summed E-state index contributed by atoms with van der Waals surface area (Å²) in [4.78, 5) is 11.2. The molecule has 0 aromatic heterocycles. The Hall–Kier alpha value is -1.45. The largest absolute Gasteiger partial charge is 0.444 e. The summed E-state index contributed by atoms with van der Waals surface area (Å²) >= 11 is 0. The van der Waals surface area contributed by atoms with E-state index in [2.05, 4.69) is 23.8 Å². The second-order valence-corrected chi connectivity index (χ2v) is 4.13. The van der Waals surface area contributed by atoms with Crippen LogP contribution in [0.4, 0.5) is 4.79 Å². The second-order valence-electron chi connectivity index (χ2n) is 4.13. The van der Waals surface area contributed by atoms with Crippen molar-refractivity contribution in [3.8, 4) is 0 Å². The van der Waals surface area contributed by atoms with Crippen LogP contribution in [0.15, 0.2) is 24.9 Å². The Morgan fingerprint density at radius 3 is 2.47 bits per heavy atom. The van der Waals surface area contributed by atoms with Crippen molar-refractivity contribution in [3.63, 3.8) is 0 Å². The van der Waals surface area contributed by atoms with Crippen LogP contribution in [0.5, 0.6) is 0 Å². The number of rotatable bonds is 5. The van der Waals surface area contributed by atoms with E-state index in [4.69, 9.17) is 4.74 Å². The molecule has 4 nitrogen and oxygen atoms in total. The zero-order chi connectivity index (χ0) is 11.9. The van der Waals surface area contributed by atoms with Crippen LogP contribution in [0.2, 0.25) is 0 Å². The molecule has 0 fully saturated rings. The van der Waals surface area contributed by atoms with Crippen molar-refractivity contribution < 1.29 is 9.53 Å². The first kappa shape index (κ1) is 13.5. The smallest absolute Gasteiger partial charge is 0.407 e. The minimum Gasteiger partial charge on any atom is -0.444 e. The molecule has 0 atom stereocenters. The lowest BCUT2D eigenvalue weighted by Gasteiger charge is -2.20. The molecule has 2 N–H and O–H groups in total. The molecule has 0 saturated carbocycles. The Labute approximate surface area is 91.4 Å². The summed E-state index contributed by atoms with van der Waals surface area (Å²) in [7, 11) is 0. The average Bonchev–Trinajstić information content (AvgIpc) is 2.08. The lowest BCUT2D eigenvalue weighted by molar-refractivity contribution is 0.0532. The van der Waals surface area contributed by atoms with Gasteiger partial charge in [0.2, 0.25) is 0 Å². The molecule has 0 saturated heterocycles. The highest BCUT2D eigenvalue weighted by atomic mass is 16.6. The summed E-state index contributed by atoms with van der Waals surface area (Å²) in [5.41, 5.74) is 0.251. The summed E-state index contributed by atoms with van der Waals surface area (Å²) in [5, 5.41) is 5.56. The van der Waals surface area contributed by atoms with E-state index in [1.54, 1.807) is 6.08 Å². The van der Waals surface area contributed by atoms with Crippen molar-refractivity contribution in [3.05, 3.63) is 24.9 Å². The molecule has 0 aromatic carbocycles. The molecule has 0 radical (unpaired) electrons. The third-order valence-electron chi connectivity index (χ3n) is 1.34. The van der Waals surface area contributed by atoms with E-state index in [0.717, 1.165) is 5.70 Å². The number of carbonyl (C=O) groups excluding carboxylic acids is 1. The fraction of sp³-hybridized carbons (Fsp3) is 0.545. The van der Waals surface area contributed by atoms with Crippen LogP contribution in [-0.4, -0.2) is 24.8 Å². The van der Waals surface area contributed by atoms with Crippen molar-refractivity contribution in [2.75, 3.05) is 13.1 Å². The molecule has 1 amide bonds. The fourth-order valence-electron chi connectivity index (χ4n) is 0.772. The van der Waals surface area contributed by atoms with E-state index in [-0.39, 0.29) is 0 Å². The highest BCUT2D eigenvalue weighted by Gasteiger charge is 2.15. The highest BCUT2D eigenvalue weighted by molar-refractivity contribution is 5.67. The van der Waals surface area contributed by atoms with Crippen LogP contribution < -0.4 is 10.6 Å². The molecular formula is C11H20N2O2. The second kappa shape index (κ2) is 6.11. The molecule has 0 spiro atoms. The van der Waals surface area contributed by atoms with Gasteiger partial charge in [-0.25, -0.2) is 4.79 Å². The van der Waals surface area contributed by atoms with Crippen molar-refractivity contribution in [1.82, 2.24) is 10.6 Å². The Kier molecular flexibility index (Phi) is 5.52. The predicted octanol–water partition coefficient (Wildman–Crippen LogP) is 1.80. The topological polar surface area (TPSA) is 50.4 Å². The van der Waals surface area contributed by atoms with Gasteiger partial charge in [0.25, 0.3) is 0 Å². The number of carbonyl (C=O) groups is 1. The van der Waals surface area contributed by atoms with Crippen molar-refractivity contribution in [1.29, 1.82) is 0 Å². The van der Waals surface area contributed by atoms with Crippen LogP contribution >= 0.6 is 0 Å². The standard InChI is InChI=1S/C11H20N2O2/c1-6-7-12-9(2)8-13-10(14)15-11(3,4)5/h6,12H,1-2,7-8H2,3-5H3,(H,13,14). The van der Waals surface area contributed by atoms with Gasteiger partial charge in [-0.2, -0.15) is 0 Å². The normalized spacial score (nSPS) is 10.3. The quantitative estimate of drug-likeness (QED) is 0.683. The van der Waals surface area contributed by atoms with Gasteiger partial charge in [0.1, 0.15) is 5.60 Å². The first-order chi connectivity index (χ1) is 6.85. The first-order valence-corrected chi connectivity index (χ1v) is 4.84. The van der Waals surface area contributed by atoms with E-state index in [1.165, 1.54) is 0 Å². The van der Waals surface area contributed by atoms with Crippen LogP contribution in [-0.2, 0) is 4.74 Å². The lowest BCUT2D eigenvalue weighted by atomic mass is 10.2. The minimum atomic E-state index is -0.472. The number of alkyl carbamates (subject to hydrolysis) is 1. The fourth-order valence-corrected chi connectivity index (χ4v) is 0.772. The molecule has 0 aliphatic carbocycles. The zero-order valence-corrected chi connectivity index (χ0v) is 9.72. The molecule has 0 heterocycles. The summed E-state index contributed by atoms with van der Waals surface area (Å²) < 4.78 is 5.05. The van der Waals surface area contributed by atoms with E-state index in [1.807, 2.05) is 20.8 Å². The lowest BCUT2D eigenvalue weighted by Crippen LogP contribution is -2.35. The van der Waals surface area contributed by atoms with Gasteiger partial charge >= 0.3 is 6.09 Å².